The van der Waals surface area contributed by atoms with Crippen LogP contribution in [0.5, 0.6) is 0 Å². The standard InChI is InChI=1S/C27H42N7O7P/c1-7-8-17(6)41-24(36)19(9-15(2)3)33-42(38)40-13-27(12-39-25(37)20(28)16(4)5)10-18(27)11-34-14-30-21-22(34)31-26(29)32-23(21)35/h11,14-17,19-20H,7-10,12-13,28H2,1-6H3,(H3-,29,31,32,33,35,38)/p+1. The first kappa shape index (κ1) is 33.3. The second kappa shape index (κ2) is 14.3. The number of nitrogens with zero attached hydrogens (tertiary/aromatic N) is 3. The summed E-state index contributed by atoms with van der Waals surface area (Å²) in [4.78, 5) is 48.2. The van der Waals surface area contributed by atoms with Gasteiger partial charge in [0.15, 0.2) is 17.2 Å². The molecule has 0 amide bonds. The Morgan fingerprint density at radius 3 is 2.60 bits per heavy atom. The van der Waals surface area contributed by atoms with Crippen LogP contribution in [0, 0.1) is 17.3 Å². The molecule has 6 N–H and O–H groups in total. The number of nitrogens with two attached hydrogens (primary N) is 2. The average Bonchev–Trinajstić information content (AvgIpc) is 3.43. The lowest BCUT2D eigenvalue weighted by Gasteiger charge is -2.19. The molecular formula is C27H43N7O7P+. The van der Waals surface area contributed by atoms with Crippen molar-refractivity contribution >= 4 is 43.4 Å². The van der Waals surface area contributed by atoms with Crippen molar-refractivity contribution in [3.8, 4) is 0 Å². The van der Waals surface area contributed by atoms with Gasteiger partial charge in [0.1, 0.15) is 25.6 Å². The number of aromatic nitrogens is 4. The summed E-state index contributed by atoms with van der Waals surface area (Å²) in [7, 11) is -2.48. The van der Waals surface area contributed by atoms with Gasteiger partial charge in [0.25, 0.3) is 5.56 Å². The van der Waals surface area contributed by atoms with Gasteiger partial charge >= 0.3 is 20.1 Å². The second-order valence-electron chi connectivity index (χ2n) is 11.6. The molecule has 15 heteroatoms. The van der Waals surface area contributed by atoms with Gasteiger partial charge in [-0.1, -0.05) is 46.1 Å². The Morgan fingerprint density at radius 2 is 1.95 bits per heavy atom. The fourth-order valence-corrected chi connectivity index (χ4v) is 5.28. The minimum absolute atomic E-state index is 0.0590. The van der Waals surface area contributed by atoms with E-state index in [-0.39, 0.29) is 48.3 Å². The van der Waals surface area contributed by atoms with Gasteiger partial charge in [-0.05, 0) is 48.2 Å². The fraction of sp³-hybridized carbons (Fsp3) is 0.667. The fourth-order valence-electron chi connectivity index (χ4n) is 4.38. The zero-order chi connectivity index (χ0) is 31.2. The van der Waals surface area contributed by atoms with E-state index in [0.717, 1.165) is 18.4 Å². The van der Waals surface area contributed by atoms with Crippen LogP contribution in [0.2, 0.25) is 0 Å². The van der Waals surface area contributed by atoms with Gasteiger partial charge < -0.3 is 20.9 Å². The molecule has 0 radical (unpaired) electrons. The van der Waals surface area contributed by atoms with Gasteiger partial charge in [-0.25, -0.2) is 4.98 Å². The van der Waals surface area contributed by atoms with Crippen LogP contribution in [-0.2, 0) is 28.2 Å². The molecule has 1 aliphatic rings. The Hall–Kier alpha value is -3.19. The van der Waals surface area contributed by atoms with Crippen molar-refractivity contribution in [2.45, 2.75) is 85.4 Å². The number of aromatic amines is 1. The number of carbonyl (C=O) groups excluding carboxylic acids is 2. The molecule has 5 unspecified atom stereocenters. The van der Waals surface area contributed by atoms with E-state index in [1.165, 1.54) is 6.33 Å². The quantitative estimate of drug-likeness (QED) is 0.160. The maximum atomic E-state index is 13.0. The molecule has 1 aliphatic carbocycles. The molecule has 1 saturated carbocycles. The van der Waals surface area contributed by atoms with E-state index in [9.17, 15) is 18.9 Å². The van der Waals surface area contributed by atoms with E-state index in [1.807, 2.05) is 41.5 Å². The Bertz CT molecular complexity index is 1370. The molecule has 14 nitrogen and oxygen atoms in total. The number of rotatable bonds is 16. The summed E-state index contributed by atoms with van der Waals surface area (Å²) in [6.07, 6.45) is 5.31. The molecule has 0 spiro atoms. The van der Waals surface area contributed by atoms with E-state index in [4.69, 9.17) is 25.5 Å². The topological polar surface area (TPSA) is 207 Å². The Balaban J connectivity index is 1.77. The van der Waals surface area contributed by atoms with Crippen molar-refractivity contribution in [3.63, 3.8) is 0 Å². The Morgan fingerprint density at radius 1 is 1.24 bits per heavy atom. The van der Waals surface area contributed by atoms with Crippen LogP contribution in [-0.4, -0.2) is 62.9 Å². The van der Waals surface area contributed by atoms with Crippen LogP contribution in [0.15, 0.2) is 16.7 Å². The molecule has 1 fully saturated rings. The molecule has 0 bridgehead atoms. The zero-order valence-electron chi connectivity index (χ0n) is 25.1. The maximum absolute atomic E-state index is 13.0. The number of carbonyl (C=O) groups is 2. The first-order valence-electron chi connectivity index (χ1n) is 14.2. The predicted molar refractivity (Wildman–Crippen MR) is 158 cm³/mol. The number of hydrogen-bond acceptors (Lipinski definition) is 11. The van der Waals surface area contributed by atoms with Crippen molar-refractivity contribution < 1.29 is 28.2 Å². The predicted octanol–water partition coefficient (Wildman–Crippen LogP) is 2.87. The molecule has 2 heterocycles. The van der Waals surface area contributed by atoms with E-state index < -0.39 is 43.2 Å². The molecule has 0 aromatic carbocycles. The van der Waals surface area contributed by atoms with E-state index in [0.29, 0.717) is 12.8 Å². The lowest BCUT2D eigenvalue weighted by atomic mass is 10.0. The highest BCUT2D eigenvalue weighted by atomic mass is 31.1. The number of esters is 2. The summed E-state index contributed by atoms with van der Waals surface area (Å²) >= 11 is 0. The molecule has 232 valence electrons. The normalized spacial score (nSPS) is 20.1. The first-order chi connectivity index (χ1) is 19.8. The van der Waals surface area contributed by atoms with Gasteiger partial charge in [-0.15, -0.1) is 4.52 Å². The van der Waals surface area contributed by atoms with Crippen molar-refractivity contribution in [2.75, 3.05) is 18.9 Å². The number of nitrogens with one attached hydrogen (secondary N) is 2. The third kappa shape index (κ3) is 8.66. The van der Waals surface area contributed by atoms with E-state index in [2.05, 4.69) is 20.0 Å². The highest BCUT2D eigenvalue weighted by Gasteiger charge is 2.53. The van der Waals surface area contributed by atoms with E-state index >= 15 is 0 Å². The third-order valence-electron chi connectivity index (χ3n) is 7.04. The number of fused-ring (bicyclic) bond motifs is 1. The van der Waals surface area contributed by atoms with Crippen molar-refractivity contribution in [1.82, 2.24) is 24.6 Å². The molecule has 0 saturated heterocycles. The number of ether oxygens (including phenoxy) is 2. The number of nitrogen functional groups attached to an aromatic ring is 1. The number of anilines is 1. The Kier molecular flexibility index (Phi) is 11.4. The minimum atomic E-state index is -2.48. The first-order valence-corrected chi connectivity index (χ1v) is 15.4. The van der Waals surface area contributed by atoms with Gasteiger partial charge in [-0.3, -0.25) is 23.9 Å². The van der Waals surface area contributed by atoms with Gasteiger partial charge in [0, 0.05) is 6.20 Å². The lowest BCUT2D eigenvalue weighted by molar-refractivity contribution is -0.151. The summed E-state index contributed by atoms with van der Waals surface area (Å²) in [5.74, 6) is -1.09. The molecule has 3 rings (SSSR count). The lowest BCUT2D eigenvalue weighted by Crippen LogP contribution is -2.38. The van der Waals surface area contributed by atoms with Crippen molar-refractivity contribution in [3.05, 3.63) is 22.3 Å². The molecular weight excluding hydrogens is 565 g/mol. The van der Waals surface area contributed by atoms with Crippen LogP contribution in [0.25, 0.3) is 17.4 Å². The van der Waals surface area contributed by atoms with Crippen molar-refractivity contribution in [1.29, 1.82) is 0 Å². The minimum Gasteiger partial charge on any atom is -0.463 e. The highest BCUT2D eigenvalue weighted by molar-refractivity contribution is 7.36. The average molecular weight is 609 g/mol. The molecule has 42 heavy (non-hydrogen) atoms. The largest absolute Gasteiger partial charge is 0.613 e. The summed E-state index contributed by atoms with van der Waals surface area (Å²) in [6, 6.07) is -1.62. The third-order valence-corrected chi connectivity index (χ3v) is 7.92. The number of hydrogen-bond donors (Lipinski definition) is 4. The van der Waals surface area contributed by atoms with Gasteiger partial charge in [-0.2, -0.15) is 4.98 Å². The highest BCUT2D eigenvalue weighted by Crippen LogP contribution is 2.54. The summed E-state index contributed by atoms with van der Waals surface area (Å²) < 4.78 is 31.4. The monoisotopic (exact) mass is 608 g/mol. The second-order valence-corrected chi connectivity index (χ2v) is 12.7. The summed E-state index contributed by atoms with van der Waals surface area (Å²) in [6.45, 7) is 11.2. The molecule has 2 aromatic heterocycles. The summed E-state index contributed by atoms with van der Waals surface area (Å²) in [5.41, 5.74) is 11.5. The van der Waals surface area contributed by atoms with Gasteiger partial charge in [0.2, 0.25) is 5.95 Å². The zero-order valence-corrected chi connectivity index (χ0v) is 26.0. The molecule has 0 aliphatic heterocycles. The van der Waals surface area contributed by atoms with Crippen molar-refractivity contribution in [2.24, 2.45) is 23.0 Å². The Labute approximate surface area is 245 Å². The van der Waals surface area contributed by atoms with Crippen LogP contribution >= 0.6 is 8.18 Å². The van der Waals surface area contributed by atoms with Crippen LogP contribution < -0.4 is 22.1 Å². The smallest absolute Gasteiger partial charge is 0.463 e. The molecule has 2 aromatic rings. The van der Waals surface area contributed by atoms with Crippen LogP contribution in [0.4, 0.5) is 5.95 Å². The number of H-pyrrole nitrogens is 1. The van der Waals surface area contributed by atoms with Crippen LogP contribution in [0.1, 0.15) is 67.2 Å². The van der Waals surface area contributed by atoms with Crippen LogP contribution in [0.3, 0.4) is 0 Å². The molecule has 5 atom stereocenters. The SMILES string of the molecule is CCCC(C)OC(=O)C(CC(C)C)N[P+](=O)OCC1(COC(=O)C(N)C(C)C)CC1=Cn1cnc2c(=O)[nH]c(N)nc21. The maximum Gasteiger partial charge on any atom is 0.613 e. The number of imidazole rings is 1. The summed E-state index contributed by atoms with van der Waals surface area (Å²) in [5, 5.41) is 2.78. The van der Waals surface area contributed by atoms with Gasteiger partial charge in [0.05, 0.1) is 11.5 Å². The van der Waals surface area contributed by atoms with E-state index in [1.54, 1.807) is 10.8 Å².